The highest BCUT2D eigenvalue weighted by Gasteiger charge is 2.15. The number of imidazole rings is 1. The van der Waals surface area contributed by atoms with Gasteiger partial charge in [0.1, 0.15) is 12.0 Å². The van der Waals surface area contributed by atoms with E-state index in [4.69, 9.17) is 5.11 Å². The second kappa shape index (κ2) is 6.17. The minimum Gasteiger partial charge on any atom is -0.476 e. The molecule has 0 aliphatic carbocycles. The van der Waals surface area contributed by atoms with Crippen LogP contribution in [0.5, 0.6) is 0 Å². The first-order chi connectivity index (χ1) is 10.1. The third-order valence-electron chi connectivity index (χ3n) is 3.11. The standard InChI is InChI=1S/C14H16N4O3/c1-3-17(4-2)13(19)11-7-10(5-6-15-11)18-8-12(14(20)21)16-9-18/h5-9H,3-4H2,1-2H3,(H,20,21). The molecule has 7 nitrogen and oxygen atoms in total. The highest BCUT2D eigenvalue weighted by Crippen LogP contribution is 2.11. The van der Waals surface area contributed by atoms with Gasteiger partial charge in [0.15, 0.2) is 5.69 Å². The van der Waals surface area contributed by atoms with Crippen molar-refractivity contribution in [3.63, 3.8) is 0 Å². The van der Waals surface area contributed by atoms with E-state index < -0.39 is 5.97 Å². The van der Waals surface area contributed by atoms with Crippen LogP contribution in [0.25, 0.3) is 5.69 Å². The number of amides is 1. The Labute approximate surface area is 121 Å². The second-order valence-corrected chi connectivity index (χ2v) is 4.35. The Balaban J connectivity index is 2.32. The van der Waals surface area contributed by atoms with Crippen LogP contribution in [0, 0.1) is 0 Å². The normalized spacial score (nSPS) is 10.4. The molecule has 0 aliphatic rings. The van der Waals surface area contributed by atoms with Crippen LogP contribution in [-0.4, -0.2) is 49.5 Å². The van der Waals surface area contributed by atoms with Gasteiger partial charge in [-0.05, 0) is 26.0 Å². The van der Waals surface area contributed by atoms with Crippen LogP contribution in [0.15, 0.2) is 30.9 Å². The molecule has 2 heterocycles. The number of carbonyl (C=O) groups excluding carboxylic acids is 1. The number of aromatic carboxylic acids is 1. The zero-order valence-electron chi connectivity index (χ0n) is 11.9. The van der Waals surface area contributed by atoms with Crippen LogP contribution >= 0.6 is 0 Å². The van der Waals surface area contributed by atoms with Crippen LogP contribution < -0.4 is 0 Å². The summed E-state index contributed by atoms with van der Waals surface area (Å²) in [5.41, 5.74) is 0.908. The molecule has 21 heavy (non-hydrogen) atoms. The van der Waals surface area contributed by atoms with E-state index in [2.05, 4.69) is 9.97 Å². The highest BCUT2D eigenvalue weighted by atomic mass is 16.4. The minimum absolute atomic E-state index is 0.0524. The van der Waals surface area contributed by atoms with E-state index in [-0.39, 0.29) is 11.6 Å². The third-order valence-corrected chi connectivity index (χ3v) is 3.11. The van der Waals surface area contributed by atoms with Crippen molar-refractivity contribution >= 4 is 11.9 Å². The molecule has 0 bridgehead atoms. The molecule has 7 heteroatoms. The van der Waals surface area contributed by atoms with Gasteiger partial charge < -0.3 is 14.6 Å². The van der Waals surface area contributed by atoms with Gasteiger partial charge >= 0.3 is 5.97 Å². The van der Waals surface area contributed by atoms with E-state index >= 15 is 0 Å². The van der Waals surface area contributed by atoms with Crippen molar-refractivity contribution < 1.29 is 14.7 Å². The summed E-state index contributed by atoms with van der Waals surface area (Å²) >= 11 is 0. The molecule has 0 spiro atoms. The number of rotatable bonds is 5. The van der Waals surface area contributed by atoms with Crippen LogP contribution in [0.2, 0.25) is 0 Å². The first-order valence-corrected chi connectivity index (χ1v) is 6.59. The maximum absolute atomic E-state index is 12.2. The number of hydrogen-bond donors (Lipinski definition) is 1. The van der Waals surface area contributed by atoms with E-state index in [0.717, 1.165) is 0 Å². The summed E-state index contributed by atoms with van der Waals surface area (Å²) in [5, 5.41) is 8.88. The third kappa shape index (κ3) is 3.07. The topological polar surface area (TPSA) is 88.3 Å². The Hall–Kier alpha value is -2.70. The fourth-order valence-corrected chi connectivity index (χ4v) is 1.94. The Kier molecular flexibility index (Phi) is 4.32. The Bertz CT molecular complexity index is 662. The van der Waals surface area contributed by atoms with Gasteiger partial charge in [-0.15, -0.1) is 0 Å². The summed E-state index contributed by atoms with van der Waals surface area (Å²) in [6.45, 7) is 5.02. The summed E-state index contributed by atoms with van der Waals surface area (Å²) in [7, 11) is 0. The molecule has 0 saturated carbocycles. The minimum atomic E-state index is -1.10. The molecule has 0 radical (unpaired) electrons. The molecule has 0 aliphatic heterocycles. The molecular weight excluding hydrogens is 272 g/mol. The number of hydrogen-bond acceptors (Lipinski definition) is 4. The fraction of sp³-hybridized carbons (Fsp3) is 0.286. The quantitative estimate of drug-likeness (QED) is 0.899. The van der Waals surface area contributed by atoms with Crippen molar-refractivity contribution in [1.82, 2.24) is 19.4 Å². The zero-order chi connectivity index (χ0) is 15.4. The van der Waals surface area contributed by atoms with Crippen molar-refractivity contribution in [3.8, 4) is 5.69 Å². The molecule has 1 amide bonds. The van der Waals surface area contributed by atoms with Crippen LogP contribution in [-0.2, 0) is 0 Å². The average molecular weight is 288 g/mol. The first-order valence-electron chi connectivity index (χ1n) is 6.59. The summed E-state index contributed by atoms with van der Waals surface area (Å²) in [6, 6.07) is 3.31. The maximum Gasteiger partial charge on any atom is 0.356 e. The lowest BCUT2D eigenvalue weighted by Gasteiger charge is -2.18. The van der Waals surface area contributed by atoms with Crippen molar-refractivity contribution in [2.45, 2.75) is 13.8 Å². The summed E-state index contributed by atoms with van der Waals surface area (Å²) in [6.07, 6.45) is 4.31. The number of carboxylic acid groups (broad SMARTS) is 1. The predicted octanol–water partition coefficient (Wildman–Crippen LogP) is 1.45. The number of carboxylic acids is 1. The van der Waals surface area contributed by atoms with Crippen molar-refractivity contribution in [3.05, 3.63) is 42.2 Å². The van der Waals surface area contributed by atoms with Gasteiger partial charge in [-0.1, -0.05) is 0 Å². The molecule has 0 saturated heterocycles. The van der Waals surface area contributed by atoms with Crippen LogP contribution in [0.1, 0.15) is 34.8 Å². The predicted molar refractivity (Wildman–Crippen MR) is 75.6 cm³/mol. The van der Waals surface area contributed by atoms with E-state index in [1.165, 1.54) is 18.7 Å². The Morgan fingerprint density at radius 3 is 2.52 bits per heavy atom. The summed E-state index contributed by atoms with van der Waals surface area (Å²) in [5.74, 6) is -1.25. The van der Waals surface area contributed by atoms with E-state index in [1.54, 1.807) is 21.6 Å². The van der Waals surface area contributed by atoms with E-state index in [1.807, 2.05) is 13.8 Å². The molecule has 2 aromatic heterocycles. The van der Waals surface area contributed by atoms with Crippen LogP contribution in [0.3, 0.4) is 0 Å². The van der Waals surface area contributed by atoms with Gasteiger partial charge in [-0.2, -0.15) is 0 Å². The lowest BCUT2D eigenvalue weighted by Crippen LogP contribution is -2.31. The van der Waals surface area contributed by atoms with Gasteiger partial charge in [0.05, 0.1) is 5.69 Å². The molecule has 1 N–H and O–H groups in total. The lowest BCUT2D eigenvalue weighted by molar-refractivity contribution is 0.0690. The fourth-order valence-electron chi connectivity index (χ4n) is 1.94. The number of aromatic nitrogens is 3. The largest absolute Gasteiger partial charge is 0.476 e. The van der Waals surface area contributed by atoms with Crippen molar-refractivity contribution in [1.29, 1.82) is 0 Å². The van der Waals surface area contributed by atoms with Gasteiger partial charge in [-0.3, -0.25) is 9.78 Å². The maximum atomic E-state index is 12.2. The molecular formula is C14H16N4O3. The lowest BCUT2D eigenvalue weighted by atomic mass is 10.2. The molecule has 0 atom stereocenters. The number of carbonyl (C=O) groups is 2. The molecule has 0 aromatic carbocycles. The molecule has 0 fully saturated rings. The van der Waals surface area contributed by atoms with E-state index in [0.29, 0.717) is 24.5 Å². The van der Waals surface area contributed by atoms with E-state index in [9.17, 15) is 9.59 Å². The second-order valence-electron chi connectivity index (χ2n) is 4.35. The number of pyridine rings is 1. The Morgan fingerprint density at radius 1 is 1.24 bits per heavy atom. The van der Waals surface area contributed by atoms with Crippen LogP contribution in [0.4, 0.5) is 0 Å². The summed E-state index contributed by atoms with van der Waals surface area (Å²) < 4.78 is 1.55. The van der Waals surface area contributed by atoms with Gasteiger partial charge in [0.25, 0.3) is 5.91 Å². The monoisotopic (exact) mass is 288 g/mol. The zero-order valence-corrected chi connectivity index (χ0v) is 11.9. The van der Waals surface area contributed by atoms with Crippen molar-refractivity contribution in [2.24, 2.45) is 0 Å². The number of nitrogens with zero attached hydrogens (tertiary/aromatic N) is 4. The average Bonchev–Trinajstić information content (AvgIpc) is 2.98. The SMILES string of the molecule is CCN(CC)C(=O)c1cc(-n2cnc(C(=O)O)c2)ccn1. The molecule has 0 unspecified atom stereocenters. The summed E-state index contributed by atoms with van der Waals surface area (Å²) in [4.78, 5) is 32.6. The molecule has 2 aromatic rings. The first kappa shape index (κ1) is 14.7. The van der Waals surface area contributed by atoms with Gasteiger partial charge in [-0.25, -0.2) is 9.78 Å². The van der Waals surface area contributed by atoms with Gasteiger partial charge in [0.2, 0.25) is 0 Å². The van der Waals surface area contributed by atoms with Crippen molar-refractivity contribution in [2.75, 3.05) is 13.1 Å². The van der Waals surface area contributed by atoms with Gasteiger partial charge in [0, 0.05) is 25.5 Å². The molecule has 110 valence electrons. The molecule has 2 rings (SSSR count). The highest BCUT2D eigenvalue weighted by molar-refractivity contribution is 5.92. The smallest absolute Gasteiger partial charge is 0.356 e. The Morgan fingerprint density at radius 2 is 1.95 bits per heavy atom.